The van der Waals surface area contributed by atoms with Crippen LogP contribution in [0.25, 0.3) is 0 Å². The lowest BCUT2D eigenvalue weighted by molar-refractivity contribution is 0.0455. The fraction of sp³-hybridized carbons (Fsp3) is 0.438. The van der Waals surface area contributed by atoms with Gasteiger partial charge in [-0.3, -0.25) is 0 Å². The molecule has 0 aliphatic rings. The van der Waals surface area contributed by atoms with Crippen molar-refractivity contribution in [2.45, 2.75) is 26.9 Å². The molecule has 26 heavy (non-hydrogen) atoms. The molecule has 140 valence electrons. The average Bonchev–Trinajstić information content (AvgIpc) is 2.95. The predicted molar refractivity (Wildman–Crippen MR) is 93.9 cm³/mol. The third-order valence-corrected chi connectivity index (χ3v) is 3.69. The minimum absolute atomic E-state index is 0.0343. The Morgan fingerprint density at radius 1 is 1.19 bits per heavy atom. The Kier molecular flexibility index (Phi) is 5.75. The van der Waals surface area contributed by atoms with Crippen LogP contribution in [-0.2, 0) is 22.5 Å². The number of ether oxygens (including phenoxy) is 2. The fourth-order valence-electron chi connectivity index (χ4n) is 2.40. The molecule has 0 aliphatic carbocycles. The third-order valence-electron chi connectivity index (χ3n) is 3.69. The maximum atomic E-state index is 12.4. The van der Waals surface area contributed by atoms with Gasteiger partial charge in [-0.15, -0.1) is 0 Å². The van der Waals surface area contributed by atoms with E-state index >= 15 is 0 Å². The molecule has 0 spiro atoms. The summed E-state index contributed by atoms with van der Waals surface area (Å²) in [6.07, 6.45) is 0.536. The highest BCUT2D eigenvalue weighted by atomic mass is 16.5. The van der Waals surface area contributed by atoms with Gasteiger partial charge in [0, 0.05) is 19.8 Å². The van der Waals surface area contributed by atoms with E-state index in [-0.39, 0.29) is 24.1 Å². The Bertz CT molecular complexity index is 830. The van der Waals surface area contributed by atoms with Crippen LogP contribution in [0.15, 0.2) is 0 Å². The zero-order valence-electron chi connectivity index (χ0n) is 15.4. The van der Waals surface area contributed by atoms with E-state index < -0.39 is 11.9 Å². The van der Waals surface area contributed by atoms with Crippen molar-refractivity contribution in [3.63, 3.8) is 0 Å². The molecule has 0 amide bonds. The van der Waals surface area contributed by atoms with Crippen molar-refractivity contribution in [2.24, 2.45) is 0 Å². The summed E-state index contributed by atoms with van der Waals surface area (Å²) in [5.41, 5.74) is 7.27. The molecule has 2 rings (SSSR count). The molecular weight excluding hydrogens is 340 g/mol. The maximum Gasteiger partial charge on any atom is 0.355 e. The Balaban J connectivity index is 2.21. The zero-order chi connectivity index (χ0) is 19.4. The van der Waals surface area contributed by atoms with Gasteiger partial charge in [-0.25, -0.2) is 9.59 Å². The van der Waals surface area contributed by atoms with Crippen LogP contribution >= 0.6 is 0 Å². The minimum atomic E-state index is -0.627. The number of carbonyl (C=O) groups excluding carboxylic acids is 2. The van der Waals surface area contributed by atoms with E-state index in [0.29, 0.717) is 29.2 Å². The van der Waals surface area contributed by atoms with Crippen molar-refractivity contribution in [3.8, 4) is 0 Å². The van der Waals surface area contributed by atoms with E-state index in [4.69, 9.17) is 15.2 Å². The molecule has 0 saturated heterocycles. The summed E-state index contributed by atoms with van der Waals surface area (Å²) >= 11 is 0. The van der Waals surface area contributed by atoms with Gasteiger partial charge in [0.25, 0.3) is 0 Å². The van der Waals surface area contributed by atoms with Crippen LogP contribution in [0.3, 0.4) is 0 Å². The molecule has 0 unspecified atom stereocenters. The zero-order valence-corrected chi connectivity index (χ0v) is 15.4. The van der Waals surface area contributed by atoms with Gasteiger partial charge in [0.15, 0.2) is 12.4 Å². The van der Waals surface area contributed by atoms with E-state index in [9.17, 15) is 9.59 Å². The number of hydrogen-bond acceptors (Lipinski definition) is 9. The van der Waals surface area contributed by atoms with Gasteiger partial charge in [0.1, 0.15) is 5.69 Å². The van der Waals surface area contributed by atoms with Crippen LogP contribution in [0.4, 0.5) is 11.9 Å². The second-order valence-corrected chi connectivity index (χ2v) is 5.70. The number of aromatic amines is 1. The normalized spacial score (nSPS) is 10.5. The Hall–Kier alpha value is -3.17. The van der Waals surface area contributed by atoms with Crippen molar-refractivity contribution in [2.75, 3.05) is 31.8 Å². The van der Waals surface area contributed by atoms with E-state index in [2.05, 4.69) is 19.9 Å². The van der Waals surface area contributed by atoms with E-state index in [1.54, 1.807) is 25.9 Å². The summed E-state index contributed by atoms with van der Waals surface area (Å²) in [7, 11) is 4.81. The first-order valence-corrected chi connectivity index (χ1v) is 7.93. The highest BCUT2D eigenvalue weighted by Gasteiger charge is 2.24. The number of aromatic nitrogens is 4. The van der Waals surface area contributed by atoms with E-state index in [0.717, 1.165) is 0 Å². The number of rotatable bonds is 6. The molecule has 10 nitrogen and oxygen atoms in total. The molecule has 2 heterocycles. The molecule has 2 aromatic rings. The van der Waals surface area contributed by atoms with Crippen molar-refractivity contribution < 1.29 is 19.1 Å². The van der Waals surface area contributed by atoms with Crippen molar-refractivity contribution in [1.82, 2.24) is 19.9 Å². The number of nitrogens with zero attached hydrogens (tertiary/aromatic N) is 4. The summed E-state index contributed by atoms with van der Waals surface area (Å²) in [5.74, 6) is -0.510. The highest BCUT2D eigenvalue weighted by Crippen LogP contribution is 2.21. The Morgan fingerprint density at radius 2 is 1.88 bits per heavy atom. The molecule has 0 atom stereocenters. The number of nitrogens with one attached hydrogen (secondary N) is 1. The monoisotopic (exact) mass is 362 g/mol. The topological polar surface area (TPSA) is 136 Å². The van der Waals surface area contributed by atoms with Crippen LogP contribution in [0.5, 0.6) is 0 Å². The standard InChI is InChI=1S/C16H22N6O4/c1-6-9-11(13(23)25-5)8(2)12(18-9)14(24)26-7-10-19-15(17)21-16(20-10)22(3)4/h18H,6-7H2,1-5H3,(H2,17,19,20,21). The number of nitrogens with two attached hydrogens (primary N) is 1. The molecule has 10 heteroatoms. The first-order chi connectivity index (χ1) is 12.3. The minimum Gasteiger partial charge on any atom is -0.465 e. The summed E-state index contributed by atoms with van der Waals surface area (Å²) in [4.78, 5) is 41.0. The third kappa shape index (κ3) is 3.90. The first-order valence-electron chi connectivity index (χ1n) is 7.93. The predicted octanol–water partition coefficient (Wildman–Crippen LogP) is 0.862. The van der Waals surface area contributed by atoms with Crippen LogP contribution in [0, 0.1) is 6.92 Å². The number of esters is 2. The van der Waals surface area contributed by atoms with Gasteiger partial charge >= 0.3 is 11.9 Å². The molecule has 0 aliphatic heterocycles. The SMILES string of the molecule is CCc1[nH]c(C(=O)OCc2nc(N)nc(N(C)C)n2)c(C)c1C(=O)OC. The number of aryl methyl sites for hydroxylation is 1. The van der Waals surface area contributed by atoms with Crippen molar-refractivity contribution in [3.05, 3.63) is 28.3 Å². The van der Waals surface area contributed by atoms with Crippen LogP contribution < -0.4 is 10.6 Å². The molecular formula is C16H22N6O4. The van der Waals surface area contributed by atoms with Gasteiger partial charge < -0.3 is 25.1 Å². The number of hydrogen-bond donors (Lipinski definition) is 2. The quantitative estimate of drug-likeness (QED) is 0.717. The van der Waals surface area contributed by atoms with Crippen LogP contribution in [0.1, 0.15) is 44.9 Å². The maximum absolute atomic E-state index is 12.4. The van der Waals surface area contributed by atoms with Crippen molar-refractivity contribution >= 4 is 23.8 Å². The summed E-state index contributed by atoms with van der Waals surface area (Å²) in [6.45, 7) is 3.34. The first kappa shape index (κ1) is 19.2. The van der Waals surface area contributed by atoms with Crippen LogP contribution in [0.2, 0.25) is 0 Å². The largest absolute Gasteiger partial charge is 0.465 e. The number of methoxy groups -OCH3 is 1. The van der Waals surface area contributed by atoms with Crippen molar-refractivity contribution in [1.29, 1.82) is 0 Å². The van der Waals surface area contributed by atoms with E-state index in [1.807, 2.05) is 6.92 Å². The molecule has 0 fully saturated rings. The summed E-state index contributed by atoms with van der Waals surface area (Å²) in [6, 6.07) is 0. The molecule has 0 radical (unpaired) electrons. The van der Waals surface area contributed by atoms with Gasteiger partial charge in [-0.05, 0) is 18.9 Å². The number of carbonyl (C=O) groups is 2. The van der Waals surface area contributed by atoms with Crippen LogP contribution in [-0.4, -0.2) is 53.1 Å². The van der Waals surface area contributed by atoms with Gasteiger partial charge in [0.05, 0.1) is 12.7 Å². The average molecular weight is 362 g/mol. The van der Waals surface area contributed by atoms with E-state index in [1.165, 1.54) is 7.11 Å². The summed E-state index contributed by atoms with van der Waals surface area (Å²) in [5, 5.41) is 0. The molecule has 0 bridgehead atoms. The Labute approximate surface area is 150 Å². The highest BCUT2D eigenvalue weighted by molar-refractivity contribution is 5.98. The van der Waals surface area contributed by atoms with Gasteiger partial charge in [-0.2, -0.15) is 15.0 Å². The lowest BCUT2D eigenvalue weighted by atomic mass is 10.1. The number of nitrogen functional groups attached to an aromatic ring is 1. The lowest BCUT2D eigenvalue weighted by Gasteiger charge is -2.11. The molecule has 2 aromatic heterocycles. The number of H-pyrrole nitrogens is 1. The Morgan fingerprint density at radius 3 is 2.46 bits per heavy atom. The van der Waals surface area contributed by atoms with Gasteiger partial charge in [-0.1, -0.05) is 6.92 Å². The number of anilines is 2. The fourth-order valence-corrected chi connectivity index (χ4v) is 2.40. The second kappa shape index (κ2) is 7.81. The molecule has 0 saturated carbocycles. The molecule has 3 N–H and O–H groups in total. The second-order valence-electron chi connectivity index (χ2n) is 5.70. The molecule has 0 aromatic carbocycles. The smallest absolute Gasteiger partial charge is 0.355 e. The summed E-state index contributed by atoms with van der Waals surface area (Å²) < 4.78 is 10.0. The van der Waals surface area contributed by atoms with Gasteiger partial charge in [0.2, 0.25) is 11.9 Å². The lowest BCUT2D eigenvalue weighted by Crippen LogP contribution is -2.17.